The van der Waals surface area contributed by atoms with Crippen molar-refractivity contribution in [2.45, 2.75) is 4.90 Å². The molecule has 0 unspecified atom stereocenters. The molecule has 0 aliphatic carbocycles. The summed E-state index contributed by atoms with van der Waals surface area (Å²) in [7, 11) is 0. The second-order valence-electron chi connectivity index (χ2n) is 2.76. The van der Waals surface area contributed by atoms with E-state index in [1.165, 1.54) is 0 Å². The highest BCUT2D eigenvalue weighted by atomic mass is 32.1. The number of carbonyl (C=O) groups is 1. The van der Waals surface area contributed by atoms with Crippen LogP contribution in [0.15, 0.2) is 34.3 Å². The number of hydrazone groups is 1. The van der Waals surface area contributed by atoms with Crippen LogP contribution in [0.4, 0.5) is 0 Å². The fourth-order valence-electron chi connectivity index (χ4n) is 1.10. The Kier molecular flexibility index (Phi) is 2.41. The zero-order chi connectivity index (χ0) is 9.97. The number of thiol groups is 1. The van der Waals surface area contributed by atoms with E-state index in [9.17, 15) is 4.79 Å². The Hall–Kier alpha value is -1.49. The van der Waals surface area contributed by atoms with Crippen molar-refractivity contribution in [2.24, 2.45) is 5.10 Å². The van der Waals surface area contributed by atoms with E-state index < -0.39 is 0 Å². The van der Waals surface area contributed by atoms with Crippen molar-refractivity contribution in [1.29, 1.82) is 0 Å². The van der Waals surface area contributed by atoms with Gasteiger partial charge in [0.15, 0.2) is 6.61 Å². The molecule has 5 heteroatoms. The number of nitrogens with zero attached hydrogens (tertiary/aromatic N) is 1. The van der Waals surface area contributed by atoms with Crippen molar-refractivity contribution in [3.63, 3.8) is 0 Å². The fraction of sp³-hybridized carbons (Fsp3) is 0.111. The lowest BCUT2D eigenvalue weighted by molar-refractivity contribution is -0.124. The smallest absolute Gasteiger partial charge is 0.278 e. The molecule has 14 heavy (non-hydrogen) atoms. The maximum Gasteiger partial charge on any atom is 0.278 e. The summed E-state index contributed by atoms with van der Waals surface area (Å²) in [6.07, 6.45) is 0. The fourth-order valence-corrected chi connectivity index (χ4v) is 1.36. The van der Waals surface area contributed by atoms with Crippen LogP contribution >= 0.6 is 12.6 Å². The van der Waals surface area contributed by atoms with Crippen LogP contribution in [0.3, 0.4) is 0 Å². The van der Waals surface area contributed by atoms with Crippen molar-refractivity contribution in [3.8, 4) is 0 Å². The number of hydrogen-bond donors (Lipinski definition) is 2. The largest absolute Gasteiger partial charge is 0.466 e. The minimum atomic E-state index is -0.245. The van der Waals surface area contributed by atoms with Crippen LogP contribution in [0, 0.1) is 0 Å². The van der Waals surface area contributed by atoms with E-state index >= 15 is 0 Å². The summed E-state index contributed by atoms with van der Waals surface area (Å²) in [5.41, 5.74) is 3.12. The molecule has 1 N–H and O–H groups in total. The highest BCUT2D eigenvalue weighted by Gasteiger charge is 2.15. The molecule has 0 saturated carbocycles. The van der Waals surface area contributed by atoms with Gasteiger partial charge in [0.05, 0.1) is 5.56 Å². The third-order valence-corrected chi connectivity index (χ3v) is 2.15. The molecule has 72 valence electrons. The first-order chi connectivity index (χ1) is 6.77. The molecule has 0 aromatic heterocycles. The summed E-state index contributed by atoms with van der Waals surface area (Å²) in [5, 5.41) is 3.79. The van der Waals surface area contributed by atoms with Crippen molar-refractivity contribution >= 4 is 24.4 Å². The Morgan fingerprint density at radius 2 is 2.21 bits per heavy atom. The van der Waals surface area contributed by atoms with E-state index in [-0.39, 0.29) is 12.5 Å². The van der Waals surface area contributed by atoms with Gasteiger partial charge in [-0.25, -0.2) is 5.43 Å². The normalized spacial score (nSPS) is 15.5. The van der Waals surface area contributed by atoms with Crippen LogP contribution < -0.4 is 5.43 Å². The predicted octanol–water partition coefficient (Wildman–Crippen LogP) is 0.783. The quantitative estimate of drug-likeness (QED) is 0.670. The predicted molar refractivity (Wildman–Crippen MR) is 54.3 cm³/mol. The lowest BCUT2D eigenvalue weighted by Crippen LogP contribution is -2.32. The van der Waals surface area contributed by atoms with E-state index in [1.54, 1.807) is 0 Å². The topological polar surface area (TPSA) is 50.7 Å². The second kappa shape index (κ2) is 3.71. The molecule has 0 saturated heterocycles. The summed E-state index contributed by atoms with van der Waals surface area (Å²) in [6, 6.07) is 7.39. The van der Waals surface area contributed by atoms with Crippen LogP contribution in [-0.2, 0) is 9.53 Å². The van der Waals surface area contributed by atoms with Crippen molar-refractivity contribution in [1.82, 2.24) is 5.43 Å². The zero-order valence-corrected chi connectivity index (χ0v) is 8.12. The summed E-state index contributed by atoms with van der Waals surface area (Å²) in [5.74, 6) is 0.153. The minimum absolute atomic E-state index is 0.000938. The van der Waals surface area contributed by atoms with Crippen LogP contribution in [0.2, 0.25) is 0 Å². The van der Waals surface area contributed by atoms with Gasteiger partial charge in [-0.1, -0.05) is 12.1 Å². The third kappa shape index (κ3) is 1.72. The molecule has 0 spiro atoms. The van der Waals surface area contributed by atoms with E-state index in [0.29, 0.717) is 5.90 Å². The highest BCUT2D eigenvalue weighted by molar-refractivity contribution is 7.80. The lowest BCUT2D eigenvalue weighted by Gasteiger charge is -2.14. The molecule has 1 heterocycles. The number of amides is 1. The van der Waals surface area contributed by atoms with Crippen LogP contribution in [-0.4, -0.2) is 18.4 Å². The van der Waals surface area contributed by atoms with Crippen LogP contribution in [0.25, 0.3) is 0 Å². The molecule has 1 aromatic rings. The number of nitrogens with one attached hydrogen (secondary N) is 1. The van der Waals surface area contributed by atoms with Gasteiger partial charge in [0.25, 0.3) is 5.91 Å². The molecule has 0 atom stereocenters. The van der Waals surface area contributed by atoms with E-state index in [2.05, 4.69) is 23.2 Å². The Morgan fingerprint density at radius 3 is 2.86 bits per heavy atom. The summed E-state index contributed by atoms with van der Waals surface area (Å²) in [4.78, 5) is 11.5. The van der Waals surface area contributed by atoms with Gasteiger partial charge in [0, 0.05) is 4.90 Å². The summed E-state index contributed by atoms with van der Waals surface area (Å²) >= 11 is 4.26. The maximum absolute atomic E-state index is 10.8. The van der Waals surface area contributed by atoms with Gasteiger partial charge in [0.1, 0.15) is 0 Å². The first kappa shape index (κ1) is 9.08. The molecule has 0 fully saturated rings. The second-order valence-corrected chi connectivity index (χ2v) is 3.24. The van der Waals surface area contributed by atoms with Gasteiger partial charge in [-0.05, 0) is 12.1 Å². The van der Waals surface area contributed by atoms with Gasteiger partial charge in [-0.2, -0.15) is 0 Å². The highest BCUT2D eigenvalue weighted by Crippen LogP contribution is 2.15. The van der Waals surface area contributed by atoms with Crippen LogP contribution in [0.5, 0.6) is 0 Å². The molecule has 2 rings (SSSR count). The Labute approximate surface area is 86.4 Å². The average Bonchev–Trinajstić information content (AvgIpc) is 2.20. The third-order valence-electron chi connectivity index (χ3n) is 1.76. The van der Waals surface area contributed by atoms with Gasteiger partial charge in [-0.15, -0.1) is 17.7 Å². The van der Waals surface area contributed by atoms with E-state index in [4.69, 9.17) is 4.74 Å². The van der Waals surface area contributed by atoms with Gasteiger partial charge in [0.2, 0.25) is 5.90 Å². The molecular formula is C9H8N2O2S. The first-order valence-corrected chi connectivity index (χ1v) is 4.50. The van der Waals surface area contributed by atoms with E-state index in [0.717, 1.165) is 10.5 Å². The van der Waals surface area contributed by atoms with Crippen molar-refractivity contribution in [2.75, 3.05) is 6.61 Å². The average molecular weight is 208 g/mol. The van der Waals surface area contributed by atoms with Crippen molar-refractivity contribution < 1.29 is 9.53 Å². The number of rotatable bonds is 1. The zero-order valence-electron chi connectivity index (χ0n) is 7.23. The summed E-state index contributed by atoms with van der Waals surface area (Å²) in [6.45, 7) is 0.000938. The van der Waals surface area contributed by atoms with E-state index in [1.807, 2.05) is 24.3 Å². The molecular weight excluding hydrogens is 200 g/mol. The number of ether oxygens (including phenoxy) is 1. The van der Waals surface area contributed by atoms with Gasteiger partial charge < -0.3 is 4.74 Å². The Morgan fingerprint density at radius 1 is 1.43 bits per heavy atom. The van der Waals surface area contributed by atoms with Gasteiger partial charge >= 0.3 is 0 Å². The Bertz CT molecular complexity index is 404. The van der Waals surface area contributed by atoms with Crippen LogP contribution in [0.1, 0.15) is 5.56 Å². The standard InChI is InChI=1S/C9H8N2O2S/c12-8-5-13-9(11-10-8)6-3-1-2-4-7(6)14/h1-4,14H,5H2,(H,10,12). The number of benzene rings is 1. The lowest BCUT2D eigenvalue weighted by atomic mass is 10.2. The number of hydrogen-bond acceptors (Lipinski definition) is 4. The Balaban J connectivity index is 2.32. The first-order valence-electron chi connectivity index (χ1n) is 4.05. The molecule has 1 aliphatic heterocycles. The summed E-state index contributed by atoms with van der Waals surface area (Å²) < 4.78 is 5.15. The molecule has 0 radical (unpaired) electrons. The minimum Gasteiger partial charge on any atom is -0.466 e. The monoisotopic (exact) mass is 208 g/mol. The van der Waals surface area contributed by atoms with Crippen molar-refractivity contribution in [3.05, 3.63) is 29.8 Å². The molecule has 1 aromatic carbocycles. The molecule has 0 bridgehead atoms. The number of carbonyl (C=O) groups excluding carboxylic acids is 1. The maximum atomic E-state index is 10.8. The van der Waals surface area contributed by atoms with Gasteiger partial charge in [-0.3, -0.25) is 4.79 Å². The molecule has 1 amide bonds. The SMILES string of the molecule is O=C1COC(c2ccccc2S)=NN1. The molecule has 1 aliphatic rings. The molecule has 4 nitrogen and oxygen atoms in total.